The average molecular weight is 547 g/mol. The average Bonchev–Trinajstić information content (AvgIpc) is 3.20. The number of aliphatic hydroxyl groups excluding tert-OH is 1. The van der Waals surface area contributed by atoms with Crippen LogP contribution < -0.4 is 18.9 Å². The topological polar surface area (TPSA) is 107 Å². The van der Waals surface area contributed by atoms with Gasteiger partial charge in [0.2, 0.25) is 5.75 Å². The Morgan fingerprint density at radius 1 is 0.875 bits per heavy atom. The van der Waals surface area contributed by atoms with E-state index in [-0.39, 0.29) is 23.3 Å². The second kappa shape index (κ2) is 11.3. The number of ether oxygens (including phenoxy) is 4. The van der Waals surface area contributed by atoms with Crippen LogP contribution >= 0.6 is 0 Å². The van der Waals surface area contributed by atoms with Gasteiger partial charge in [-0.1, -0.05) is 20.8 Å². The smallest absolute Gasteiger partial charge is 0.295 e. The van der Waals surface area contributed by atoms with Gasteiger partial charge in [0.1, 0.15) is 11.5 Å². The fraction of sp³-hybridized carbons (Fsp3) is 0.323. The van der Waals surface area contributed by atoms with E-state index in [0.29, 0.717) is 34.1 Å². The number of aliphatic hydroxyl groups is 1. The van der Waals surface area contributed by atoms with Crippen molar-refractivity contribution in [3.63, 3.8) is 0 Å². The highest BCUT2D eigenvalue weighted by atomic mass is 16.5. The maximum atomic E-state index is 13.6. The molecule has 9 heteroatoms. The van der Waals surface area contributed by atoms with Crippen LogP contribution in [0.5, 0.6) is 23.0 Å². The van der Waals surface area contributed by atoms with Crippen molar-refractivity contribution < 1.29 is 33.6 Å². The Balaban J connectivity index is 1.98. The molecule has 1 N–H and O–H groups in total. The number of ketones is 1. The van der Waals surface area contributed by atoms with Gasteiger partial charge in [-0.3, -0.25) is 14.6 Å². The van der Waals surface area contributed by atoms with Gasteiger partial charge in [-0.25, -0.2) is 0 Å². The van der Waals surface area contributed by atoms with Crippen LogP contribution in [0.4, 0.5) is 0 Å². The molecule has 2 aromatic carbocycles. The van der Waals surface area contributed by atoms with Gasteiger partial charge in [0.15, 0.2) is 11.5 Å². The van der Waals surface area contributed by atoms with Gasteiger partial charge >= 0.3 is 0 Å². The number of aromatic nitrogens is 1. The largest absolute Gasteiger partial charge is 0.507 e. The fourth-order valence-electron chi connectivity index (χ4n) is 4.93. The quantitative estimate of drug-likeness (QED) is 0.238. The zero-order chi connectivity index (χ0) is 29.2. The molecule has 40 heavy (non-hydrogen) atoms. The number of likely N-dealkylation sites (tertiary alicyclic amines) is 1. The number of amides is 1. The highest BCUT2D eigenvalue weighted by molar-refractivity contribution is 6.46. The van der Waals surface area contributed by atoms with Crippen molar-refractivity contribution >= 4 is 17.4 Å². The van der Waals surface area contributed by atoms with Crippen molar-refractivity contribution in [3.8, 4) is 23.0 Å². The van der Waals surface area contributed by atoms with E-state index in [1.807, 2.05) is 20.8 Å². The molecule has 3 aromatic rings. The van der Waals surface area contributed by atoms with Gasteiger partial charge in [0, 0.05) is 30.1 Å². The van der Waals surface area contributed by atoms with E-state index in [2.05, 4.69) is 4.98 Å². The minimum atomic E-state index is -0.943. The third-order valence-corrected chi connectivity index (χ3v) is 6.93. The first-order valence-corrected chi connectivity index (χ1v) is 12.7. The van der Waals surface area contributed by atoms with Crippen LogP contribution in [0.3, 0.4) is 0 Å². The Hall–Kier alpha value is -4.53. The highest BCUT2D eigenvalue weighted by Crippen LogP contribution is 2.46. The first kappa shape index (κ1) is 28.5. The third-order valence-electron chi connectivity index (χ3n) is 6.93. The van der Waals surface area contributed by atoms with Crippen LogP contribution in [-0.4, -0.2) is 55.1 Å². The standard InChI is InChI=1S/C31H34N2O7/c1-31(2,3)21-14-19(8-9-22(21)37-4)27(34)25-26(20-15-23(38-5)29(40-7)24(16-20)39-6)33(30(36)28(25)35)17-18-10-12-32-13-11-18/h8-16,26,34H,17H2,1-7H3/b27-25+. The molecule has 1 fully saturated rings. The summed E-state index contributed by atoms with van der Waals surface area (Å²) in [6, 6.07) is 11.2. The lowest BCUT2D eigenvalue weighted by atomic mass is 9.84. The number of methoxy groups -OCH3 is 4. The second-order valence-corrected chi connectivity index (χ2v) is 10.4. The lowest BCUT2D eigenvalue weighted by molar-refractivity contribution is -0.140. The van der Waals surface area contributed by atoms with Crippen LogP contribution in [0.1, 0.15) is 49.1 Å². The number of pyridine rings is 1. The molecule has 1 amide bonds. The number of hydrogen-bond acceptors (Lipinski definition) is 8. The maximum absolute atomic E-state index is 13.6. The van der Waals surface area contributed by atoms with Crippen molar-refractivity contribution in [2.45, 2.75) is 38.8 Å². The van der Waals surface area contributed by atoms with Crippen LogP contribution in [0.25, 0.3) is 5.76 Å². The Bertz CT molecular complexity index is 1430. The number of benzene rings is 2. The molecule has 1 aliphatic heterocycles. The van der Waals surface area contributed by atoms with Gasteiger partial charge in [0.05, 0.1) is 40.1 Å². The maximum Gasteiger partial charge on any atom is 0.295 e. The molecule has 1 aromatic heterocycles. The summed E-state index contributed by atoms with van der Waals surface area (Å²) in [6.07, 6.45) is 3.23. The zero-order valence-electron chi connectivity index (χ0n) is 23.8. The van der Waals surface area contributed by atoms with E-state index < -0.39 is 17.7 Å². The molecule has 0 spiro atoms. The summed E-state index contributed by atoms with van der Waals surface area (Å²) in [5, 5.41) is 11.7. The molecular formula is C31H34N2O7. The number of nitrogens with zero attached hydrogens (tertiary/aromatic N) is 2. The van der Waals surface area contributed by atoms with Crippen LogP contribution in [-0.2, 0) is 21.5 Å². The van der Waals surface area contributed by atoms with E-state index in [0.717, 1.165) is 11.1 Å². The summed E-state index contributed by atoms with van der Waals surface area (Å²) in [5.74, 6) is -0.0904. The summed E-state index contributed by atoms with van der Waals surface area (Å²) >= 11 is 0. The van der Waals surface area contributed by atoms with E-state index >= 15 is 0 Å². The number of Topliss-reactive ketones (excluding diaryl/α,β-unsaturated/α-hetero) is 1. The summed E-state index contributed by atoms with van der Waals surface area (Å²) in [4.78, 5) is 32.6. The third kappa shape index (κ3) is 5.19. The molecule has 1 saturated heterocycles. The van der Waals surface area contributed by atoms with Crippen molar-refractivity contribution in [3.05, 3.63) is 82.7 Å². The van der Waals surface area contributed by atoms with Gasteiger partial charge < -0.3 is 29.0 Å². The monoisotopic (exact) mass is 546 g/mol. The van der Waals surface area contributed by atoms with Crippen molar-refractivity contribution in [1.29, 1.82) is 0 Å². The molecule has 0 aliphatic carbocycles. The first-order chi connectivity index (χ1) is 19.0. The molecule has 0 bridgehead atoms. The van der Waals surface area contributed by atoms with Crippen molar-refractivity contribution in [1.82, 2.24) is 9.88 Å². The Kier molecular flexibility index (Phi) is 8.04. The molecular weight excluding hydrogens is 512 g/mol. The normalized spacial score (nSPS) is 16.7. The molecule has 9 nitrogen and oxygen atoms in total. The predicted octanol–water partition coefficient (Wildman–Crippen LogP) is 5.04. The first-order valence-electron chi connectivity index (χ1n) is 12.7. The molecule has 0 radical (unpaired) electrons. The Morgan fingerprint density at radius 3 is 2.00 bits per heavy atom. The lowest BCUT2D eigenvalue weighted by Crippen LogP contribution is -2.29. The second-order valence-electron chi connectivity index (χ2n) is 10.4. The lowest BCUT2D eigenvalue weighted by Gasteiger charge is -2.27. The minimum absolute atomic E-state index is 0.0432. The zero-order valence-corrected chi connectivity index (χ0v) is 23.8. The van der Waals surface area contributed by atoms with E-state index in [4.69, 9.17) is 18.9 Å². The van der Waals surface area contributed by atoms with Gasteiger partial charge in [-0.15, -0.1) is 0 Å². The van der Waals surface area contributed by atoms with Gasteiger partial charge in [-0.2, -0.15) is 0 Å². The number of hydrogen-bond donors (Lipinski definition) is 1. The van der Waals surface area contributed by atoms with Crippen LogP contribution in [0.2, 0.25) is 0 Å². The molecule has 210 valence electrons. The molecule has 1 unspecified atom stereocenters. The van der Waals surface area contributed by atoms with Gasteiger partial charge in [-0.05, 0) is 59.0 Å². The number of carbonyl (C=O) groups excluding carboxylic acids is 2. The molecule has 1 aliphatic rings. The van der Waals surface area contributed by atoms with Crippen molar-refractivity contribution in [2.24, 2.45) is 0 Å². The Morgan fingerprint density at radius 2 is 1.48 bits per heavy atom. The number of rotatable bonds is 8. The highest BCUT2D eigenvalue weighted by Gasteiger charge is 2.46. The van der Waals surface area contributed by atoms with Gasteiger partial charge in [0.25, 0.3) is 11.7 Å². The minimum Gasteiger partial charge on any atom is -0.507 e. The molecule has 2 heterocycles. The molecule has 1 atom stereocenters. The predicted molar refractivity (Wildman–Crippen MR) is 150 cm³/mol. The molecule has 0 saturated carbocycles. The fourth-order valence-corrected chi connectivity index (χ4v) is 4.93. The Labute approximate surface area is 234 Å². The van der Waals surface area contributed by atoms with E-state index in [1.54, 1.807) is 62.0 Å². The van der Waals surface area contributed by atoms with E-state index in [9.17, 15) is 14.7 Å². The summed E-state index contributed by atoms with van der Waals surface area (Å²) in [7, 11) is 6.05. The summed E-state index contributed by atoms with van der Waals surface area (Å²) in [6.45, 7) is 6.19. The van der Waals surface area contributed by atoms with Crippen LogP contribution in [0.15, 0.2) is 60.4 Å². The van der Waals surface area contributed by atoms with Crippen molar-refractivity contribution in [2.75, 3.05) is 28.4 Å². The molecule has 4 rings (SSSR count). The number of carbonyl (C=O) groups is 2. The summed E-state index contributed by atoms with van der Waals surface area (Å²) in [5.41, 5.74) is 2.16. The van der Waals surface area contributed by atoms with Crippen LogP contribution in [0, 0.1) is 0 Å². The van der Waals surface area contributed by atoms with E-state index in [1.165, 1.54) is 26.2 Å². The summed E-state index contributed by atoms with van der Waals surface area (Å²) < 4.78 is 22.1. The SMILES string of the molecule is COc1ccc(/C(O)=C2\C(=O)C(=O)N(Cc3ccncc3)C2c2cc(OC)c(OC)c(OC)c2)cc1C(C)(C)C.